The summed E-state index contributed by atoms with van der Waals surface area (Å²) in [6.45, 7) is 0.688. The first-order valence-corrected chi connectivity index (χ1v) is 11.5. The summed E-state index contributed by atoms with van der Waals surface area (Å²) in [5.74, 6) is 0.856. The molecule has 7 heteroatoms. The smallest absolute Gasteiger partial charge is 0.241 e. The van der Waals surface area contributed by atoms with Crippen LogP contribution in [0.1, 0.15) is 30.4 Å². The van der Waals surface area contributed by atoms with E-state index in [-0.39, 0.29) is 28.9 Å². The number of thioether (sulfide) groups is 1. The number of nitrogens with one attached hydrogen (secondary N) is 1. The standard InChI is InChI=1S/C22H30N2O4S/c1-27-22(28-2)17-8-5-11-24(17)21(26)18-20(29-13-23-18)19(25)16-10-9-14-6-3-4-7-15(14)12-16/h3-4,6-7,16-18,20,22-23H,5,8-13H2,1-2H3/t16-,17-,18-,20?/m0/s1. The molecule has 0 spiro atoms. The number of likely N-dealkylation sites (tertiary alicyclic amines) is 1. The SMILES string of the molecule is COC(OC)[C@@H]1CCCN1C(=O)[C@H]1NCSC1C(=O)[C@H]1CCc2ccccc2C1. The highest BCUT2D eigenvalue weighted by atomic mass is 32.2. The zero-order valence-corrected chi connectivity index (χ0v) is 18.0. The Bertz CT molecular complexity index is 754. The van der Waals surface area contributed by atoms with Crippen molar-refractivity contribution in [3.05, 3.63) is 35.4 Å². The van der Waals surface area contributed by atoms with E-state index in [0.29, 0.717) is 12.4 Å². The number of rotatable bonds is 6. The third-order valence-electron chi connectivity index (χ3n) is 6.53. The van der Waals surface area contributed by atoms with Gasteiger partial charge in [0.1, 0.15) is 6.04 Å². The maximum atomic E-state index is 13.4. The summed E-state index contributed by atoms with van der Waals surface area (Å²) in [6.07, 6.45) is 3.95. The first kappa shape index (κ1) is 20.8. The van der Waals surface area contributed by atoms with Gasteiger partial charge in [0.2, 0.25) is 5.91 Å². The second-order valence-corrected chi connectivity index (χ2v) is 9.24. The van der Waals surface area contributed by atoms with Crippen LogP contribution in [0.3, 0.4) is 0 Å². The Labute approximate surface area is 176 Å². The maximum absolute atomic E-state index is 13.4. The Morgan fingerprint density at radius 3 is 2.69 bits per heavy atom. The second kappa shape index (κ2) is 9.16. The van der Waals surface area contributed by atoms with Crippen LogP contribution in [-0.2, 0) is 31.9 Å². The number of ketones is 1. The van der Waals surface area contributed by atoms with E-state index in [9.17, 15) is 9.59 Å². The lowest BCUT2D eigenvalue weighted by Gasteiger charge is -2.33. The average molecular weight is 419 g/mol. The van der Waals surface area contributed by atoms with Crippen molar-refractivity contribution >= 4 is 23.5 Å². The molecule has 4 rings (SSSR count). The van der Waals surface area contributed by atoms with Crippen molar-refractivity contribution in [3.8, 4) is 0 Å². The molecule has 4 atom stereocenters. The number of methoxy groups -OCH3 is 2. The van der Waals surface area contributed by atoms with Crippen LogP contribution in [0, 0.1) is 5.92 Å². The van der Waals surface area contributed by atoms with Crippen LogP contribution in [-0.4, -0.2) is 66.9 Å². The summed E-state index contributed by atoms with van der Waals surface area (Å²) in [7, 11) is 3.21. The predicted molar refractivity (Wildman–Crippen MR) is 113 cm³/mol. The minimum atomic E-state index is -0.459. The summed E-state index contributed by atoms with van der Waals surface area (Å²) in [5.41, 5.74) is 2.63. The van der Waals surface area contributed by atoms with Crippen molar-refractivity contribution in [3.63, 3.8) is 0 Å². The molecule has 1 aliphatic carbocycles. The maximum Gasteiger partial charge on any atom is 0.241 e. The molecule has 29 heavy (non-hydrogen) atoms. The van der Waals surface area contributed by atoms with E-state index in [1.807, 2.05) is 11.0 Å². The van der Waals surface area contributed by atoms with E-state index in [1.165, 1.54) is 11.1 Å². The van der Waals surface area contributed by atoms with Gasteiger partial charge in [0.15, 0.2) is 12.1 Å². The van der Waals surface area contributed by atoms with Crippen LogP contribution in [0.4, 0.5) is 0 Å². The van der Waals surface area contributed by atoms with Gasteiger partial charge in [-0.2, -0.15) is 0 Å². The molecule has 2 saturated heterocycles. The van der Waals surface area contributed by atoms with Crippen LogP contribution in [0.25, 0.3) is 0 Å². The molecule has 1 unspecified atom stereocenters. The lowest BCUT2D eigenvalue weighted by molar-refractivity contribution is -0.158. The van der Waals surface area contributed by atoms with Gasteiger partial charge in [0.25, 0.3) is 0 Å². The largest absolute Gasteiger partial charge is 0.354 e. The van der Waals surface area contributed by atoms with Crippen molar-refractivity contribution in [1.29, 1.82) is 0 Å². The number of carbonyl (C=O) groups excluding carboxylic acids is 2. The van der Waals surface area contributed by atoms with Crippen LogP contribution in [0.2, 0.25) is 0 Å². The monoisotopic (exact) mass is 418 g/mol. The Morgan fingerprint density at radius 1 is 1.17 bits per heavy atom. The number of nitrogens with zero attached hydrogens (tertiary/aromatic N) is 1. The highest BCUT2D eigenvalue weighted by molar-refractivity contribution is 8.00. The van der Waals surface area contributed by atoms with E-state index < -0.39 is 12.3 Å². The van der Waals surface area contributed by atoms with Gasteiger partial charge in [-0.15, -0.1) is 11.8 Å². The van der Waals surface area contributed by atoms with Gasteiger partial charge >= 0.3 is 0 Å². The third kappa shape index (κ3) is 4.10. The van der Waals surface area contributed by atoms with Gasteiger partial charge in [-0.05, 0) is 43.2 Å². The second-order valence-electron chi connectivity index (χ2n) is 8.11. The van der Waals surface area contributed by atoms with Crippen LogP contribution >= 0.6 is 11.8 Å². The fourth-order valence-electron chi connectivity index (χ4n) is 5.01. The topological polar surface area (TPSA) is 67.9 Å². The Kier molecular flexibility index (Phi) is 6.59. The number of carbonyl (C=O) groups is 2. The molecule has 0 bridgehead atoms. The van der Waals surface area contributed by atoms with Crippen LogP contribution < -0.4 is 5.32 Å². The number of benzene rings is 1. The predicted octanol–water partition coefficient (Wildman–Crippen LogP) is 2.00. The molecule has 0 radical (unpaired) electrons. The molecule has 1 amide bonds. The average Bonchev–Trinajstić information content (AvgIpc) is 3.43. The molecule has 1 aromatic carbocycles. The molecule has 0 saturated carbocycles. The molecular formula is C22H30N2O4S. The summed E-state index contributed by atoms with van der Waals surface area (Å²) in [6, 6.07) is 7.83. The first-order valence-electron chi connectivity index (χ1n) is 10.5. The van der Waals surface area contributed by atoms with Crippen LogP contribution in [0.5, 0.6) is 0 Å². The summed E-state index contributed by atoms with van der Waals surface area (Å²) in [4.78, 5) is 28.6. The molecule has 6 nitrogen and oxygen atoms in total. The molecule has 2 heterocycles. The molecule has 0 aromatic heterocycles. The van der Waals surface area contributed by atoms with Gasteiger partial charge in [-0.25, -0.2) is 0 Å². The summed E-state index contributed by atoms with van der Waals surface area (Å²) in [5, 5.41) is 2.97. The van der Waals surface area contributed by atoms with Gasteiger partial charge in [0.05, 0.1) is 11.3 Å². The zero-order valence-electron chi connectivity index (χ0n) is 17.1. The van der Waals surface area contributed by atoms with Gasteiger partial charge in [-0.1, -0.05) is 24.3 Å². The number of amides is 1. The van der Waals surface area contributed by atoms with Crippen molar-refractivity contribution in [1.82, 2.24) is 10.2 Å². The third-order valence-corrected chi connectivity index (χ3v) is 7.72. The number of hydrogen-bond donors (Lipinski definition) is 1. The van der Waals surface area contributed by atoms with Gasteiger partial charge < -0.3 is 14.4 Å². The van der Waals surface area contributed by atoms with Crippen molar-refractivity contribution in [2.75, 3.05) is 26.6 Å². The summed E-state index contributed by atoms with van der Waals surface area (Å²) >= 11 is 1.57. The van der Waals surface area contributed by atoms with Crippen molar-refractivity contribution < 1.29 is 19.1 Å². The number of aryl methyl sites for hydroxylation is 1. The molecule has 1 aromatic rings. The number of Topliss-reactive ketones (excluding diaryl/α,β-unsaturated/α-hetero) is 1. The van der Waals surface area contributed by atoms with E-state index in [2.05, 4.69) is 23.5 Å². The molecule has 158 valence electrons. The number of hydrogen-bond acceptors (Lipinski definition) is 6. The number of fused-ring (bicyclic) bond motifs is 1. The van der Waals surface area contributed by atoms with Gasteiger partial charge in [-0.3, -0.25) is 14.9 Å². The van der Waals surface area contributed by atoms with Crippen LogP contribution in [0.15, 0.2) is 24.3 Å². The number of ether oxygens (including phenoxy) is 2. The first-order chi connectivity index (χ1) is 14.1. The van der Waals surface area contributed by atoms with E-state index in [1.54, 1.807) is 26.0 Å². The Balaban J connectivity index is 1.46. The van der Waals surface area contributed by atoms with Crippen molar-refractivity contribution in [2.45, 2.75) is 55.7 Å². The Morgan fingerprint density at radius 2 is 1.93 bits per heavy atom. The fraction of sp³-hybridized carbons (Fsp3) is 0.636. The van der Waals surface area contributed by atoms with E-state index >= 15 is 0 Å². The van der Waals surface area contributed by atoms with Gasteiger partial charge in [0, 0.05) is 32.6 Å². The molecule has 1 N–H and O–H groups in total. The quantitative estimate of drug-likeness (QED) is 0.713. The molecule has 3 aliphatic rings. The minimum absolute atomic E-state index is 0.00215. The normalized spacial score (nSPS) is 29.3. The minimum Gasteiger partial charge on any atom is -0.354 e. The summed E-state index contributed by atoms with van der Waals surface area (Å²) < 4.78 is 10.8. The fourth-order valence-corrected chi connectivity index (χ4v) is 6.22. The van der Waals surface area contributed by atoms with Crippen molar-refractivity contribution in [2.24, 2.45) is 5.92 Å². The Hall–Kier alpha value is -1.41. The highest BCUT2D eigenvalue weighted by Crippen LogP contribution is 2.33. The molecule has 2 fully saturated rings. The van der Waals surface area contributed by atoms with E-state index in [0.717, 1.165) is 32.1 Å². The lowest BCUT2D eigenvalue weighted by atomic mass is 9.80. The highest BCUT2D eigenvalue weighted by Gasteiger charge is 2.46. The molecular weight excluding hydrogens is 388 g/mol. The lowest BCUT2D eigenvalue weighted by Crippen LogP contribution is -2.54. The van der Waals surface area contributed by atoms with E-state index in [4.69, 9.17) is 9.47 Å². The molecule has 2 aliphatic heterocycles. The zero-order chi connectivity index (χ0) is 20.4.